The minimum atomic E-state index is -0.399. The number of nitrogens with one attached hydrogen (secondary N) is 1. The molecule has 2 aromatic rings. The van der Waals surface area contributed by atoms with E-state index in [1.54, 1.807) is 12.1 Å². The van der Waals surface area contributed by atoms with Gasteiger partial charge >= 0.3 is 5.97 Å². The van der Waals surface area contributed by atoms with Crippen LogP contribution in [0.4, 0.5) is 4.39 Å². The third-order valence-corrected chi connectivity index (χ3v) is 3.19. The first kappa shape index (κ1) is 10.3. The molecule has 88 valence electrons. The predicted molar refractivity (Wildman–Crippen MR) is 61.6 cm³/mol. The number of fused-ring (bicyclic) bond motifs is 1. The first-order valence-electron chi connectivity index (χ1n) is 5.60. The van der Waals surface area contributed by atoms with Crippen LogP contribution >= 0.6 is 0 Å². The lowest BCUT2D eigenvalue weighted by Gasteiger charge is -2.00. The van der Waals surface area contributed by atoms with Crippen LogP contribution < -0.4 is 0 Å². The maximum Gasteiger partial charge on any atom is 0.340 e. The number of esters is 1. The quantitative estimate of drug-likeness (QED) is 0.810. The van der Waals surface area contributed by atoms with Gasteiger partial charge in [0.05, 0.1) is 18.2 Å². The second-order valence-corrected chi connectivity index (χ2v) is 4.34. The molecule has 3 rings (SSSR count). The van der Waals surface area contributed by atoms with Crippen molar-refractivity contribution in [1.29, 1.82) is 0 Å². The number of carbonyl (C=O) groups excluding carboxylic acids is 1. The van der Waals surface area contributed by atoms with Crippen molar-refractivity contribution >= 4 is 16.9 Å². The van der Waals surface area contributed by atoms with Gasteiger partial charge in [-0.15, -0.1) is 0 Å². The first-order chi connectivity index (χ1) is 8.22. The largest absolute Gasteiger partial charge is 0.465 e. The van der Waals surface area contributed by atoms with Gasteiger partial charge in [-0.1, -0.05) is 12.1 Å². The molecule has 1 heterocycles. The normalized spacial score (nSPS) is 15.2. The highest BCUT2D eigenvalue weighted by Gasteiger charge is 2.32. The SMILES string of the molecule is COC(=O)c1c(C2CC2)[nH]c2c(F)cccc12. The lowest BCUT2D eigenvalue weighted by molar-refractivity contribution is 0.0601. The lowest BCUT2D eigenvalue weighted by atomic mass is 10.1. The summed E-state index contributed by atoms with van der Waals surface area (Å²) >= 11 is 0. The summed E-state index contributed by atoms with van der Waals surface area (Å²) in [5.74, 6) is -0.390. The van der Waals surface area contributed by atoms with Crippen LogP contribution in [0.2, 0.25) is 0 Å². The Morgan fingerprint density at radius 1 is 1.47 bits per heavy atom. The molecule has 1 N–H and O–H groups in total. The second-order valence-electron chi connectivity index (χ2n) is 4.34. The summed E-state index contributed by atoms with van der Waals surface area (Å²) in [7, 11) is 1.34. The lowest BCUT2D eigenvalue weighted by Crippen LogP contribution is -2.03. The molecule has 1 aliphatic carbocycles. The predicted octanol–water partition coefficient (Wildman–Crippen LogP) is 2.97. The number of ether oxygens (including phenoxy) is 1. The average molecular weight is 233 g/mol. The smallest absolute Gasteiger partial charge is 0.340 e. The van der Waals surface area contributed by atoms with Crippen LogP contribution in [0.5, 0.6) is 0 Å². The standard InChI is InChI=1S/C13H12FNO2/c1-17-13(16)10-8-3-2-4-9(14)12(8)15-11(10)7-5-6-7/h2-4,7,15H,5-6H2,1H3. The zero-order chi connectivity index (χ0) is 12.0. The summed E-state index contributed by atoms with van der Waals surface area (Å²) in [6.45, 7) is 0. The van der Waals surface area contributed by atoms with Crippen molar-refractivity contribution in [1.82, 2.24) is 4.98 Å². The molecule has 17 heavy (non-hydrogen) atoms. The van der Waals surface area contributed by atoms with Crippen molar-refractivity contribution in [2.75, 3.05) is 7.11 Å². The number of aromatic amines is 1. The highest BCUT2D eigenvalue weighted by Crippen LogP contribution is 2.43. The zero-order valence-electron chi connectivity index (χ0n) is 9.42. The molecule has 0 bridgehead atoms. The molecule has 0 amide bonds. The summed E-state index contributed by atoms with van der Waals surface area (Å²) in [5.41, 5.74) is 1.70. The Bertz CT molecular complexity index is 599. The number of methoxy groups -OCH3 is 1. The van der Waals surface area contributed by atoms with Gasteiger partial charge in [-0.3, -0.25) is 0 Å². The van der Waals surface area contributed by atoms with E-state index in [1.807, 2.05) is 0 Å². The topological polar surface area (TPSA) is 42.1 Å². The van der Waals surface area contributed by atoms with Crippen LogP contribution in [-0.4, -0.2) is 18.1 Å². The van der Waals surface area contributed by atoms with Crippen LogP contribution in [0, 0.1) is 5.82 Å². The molecule has 1 saturated carbocycles. The first-order valence-corrected chi connectivity index (χ1v) is 5.60. The summed E-state index contributed by atoms with van der Waals surface area (Å²) in [5, 5.41) is 0.610. The fourth-order valence-corrected chi connectivity index (χ4v) is 2.20. The Labute approximate surface area is 97.6 Å². The summed E-state index contributed by atoms with van der Waals surface area (Å²) in [6, 6.07) is 4.73. The van der Waals surface area contributed by atoms with Gasteiger partial charge in [-0.25, -0.2) is 9.18 Å². The Morgan fingerprint density at radius 3 is 2.88 bits per heavy atom. The molecule has 0 aliphatic heterocycles. The maximum atomic E-state index is 13.6. The molecule has 3 nitrogen and oxygen atoms in total. The number of rotatable bonds is 2. The fraction of sp³-hybridized carbons (Fsp3) is 0.308. The van der Waals surface area contributed by atoms with Gasteiger partial charge in [0, 0.05) is 11.1 Å². The maximum absolute atomic E-state index is 13.6. The molecule has 0 saturated heterocycles. The number of hydrogen-bond acceptors (Lipinski definition) is 2. The summed E-state index contributed by atoms with van der Waals surface area (Å²) < 4.78 is 18.4. The molecule has 0 radical (unpaired) electrons. The van der Waals surface area contributed by atoms with Crippen LogP contribution in [0.25, 0.3) is 10.9 Å². The molecule has 1 aromatic heterocycles. The minimum absolute atomic E-state index is 0.334. The number of para-hydroxylation sites is 1. The van der Waals surface area contributed by atoms with E-state index in [-0.39, 0.29) is 5.82 Å². The number of carbonyl (C=O) groups is 1. The molecule has 0 atom stereocenters. The van der Waals surface area contributed by atoms with Gasteiger partial charge < -0.3 is 9.72 Å². The van der Waals surface area contributed by atoms with E-state index in [2.05, 4.69) is 4.98 Å². The van der Waals surface area contributed by atoms with Gasteiger partial charge in [0.1, 0.15) is 5.82 Å². The van der Waals surface area contributed by atoms with Crippen LogP contribution in [0.3, 0.4) is 0 Å². The van der Waals surface area contributed by atoms with E-state index in [0.29, 0.717) is 22.4 Å². The average Bonchev–Trinajstić information content (AvgIpc) is 3.10. The van der Waals surface area contributed by atoms with E-state index in [4.69, 9.17) is 4.74 Å². The van der Waals surface area contributed by atoms with E-state index >= 15 is 0 Å². The monoisotopic (exact) mass is 233 g/mol. The molecule has 4 heteroatoms. The Balaban J connectivity index is 2.31. The Hall–Kier alpha value is -1.84. The van der Waals surface area contributed by atoms with E-state index in [9.17, 15) is 9.18 Å². The van der Waals surface area contributed by atoms with E-state index < -0.39 is 5.97 Å². The number of H-pyrrole nitrogens is 1. The molecular weight excluding hydrogens is 221 g/mol. The molecule has 1 aromatic carbocycles. The van der Waals surface area contributed by atoms with Crippen molar-refractivity contribution in [2.24, 2.45) is 0 Å². The number of halogens is 1. The van der Waals surface area contributed by atoms with E-state index in [1.165, 1.54) is 13.2 Å². The third-order valence-electron chi connectivity index (χ3n) is 3.19. The molecule has 0 spiro atoms. The van der Waals surface area contributed by atoms with Crippen molar-refractivity contribution < 1.29 is 13.9 Å². The van der Waals surface area contributed by atoms with Crippen molar-refractivity contribution in [2.45, 2.75) is 18.8 Å². The Morgan fingerprint density at radius 2 is 2.24 bits per heavy atom. The van der Waals surface area contributed by atoms with Gasteiger partial charge in [-0.2, -0.15) is 0 Å². The minimum Gasteiger partial charge on any atom is -0.465 e. The second kappa shape index (κ2) is 3.58. The highest BCUT2D eigenvalue weighted by molar-refractivity contribution is 6.06. The molecule has 1 fully saturated rings. The van der Waals surface area contributed by atoms with Crippen LogP contribution in [-0.2, 0) is 4.74 Å². The summed E-state index contributed by atoms with van der Waals surface area (Å²) in [4.78, 5) is 14.8. The van der Waals surface area contributed by atoms with Crippen LogP contribution in [0.1, 0.15) is 34.8 Å². The van der Waals surface area contributed by atoms with E-state index in [0.717, 1.165) is 18.5 Å². The van der Waals surface area contributed by atoms with Gasteiger partial charge in [-0.05, 0) is 24.8 Å². The number of hydrogen-bond donors (Lipinski definition) is 1. The molecule has 0 unspecified atom stereocenters. The van der Waals surface area contributed by atoms with Crippen LogP contribution in [0.15, 0.2) is 18.2 Å². The zero-order valence-corrected chi connectivity index (χ0v) is 9.42. The fourth-order valence-electron chi connectivity index (χ4n) is 2.20. The Kier molecular flexibility index (Phi) is 2.18. The van der Waals surface area contributed by atoms with Crippen molar-refractivity contribution in [3.05, 3.63) is 35.3 Å². The molecule has 1 aliphatic rings. The van der Waals surface area contributed by atoms with Crippen molar-refractivity contribution in [3.63, 3.8) is 0 Å². The van der Waals surface area contributed by atoms with Gasteiger partial charge in [0.15, 0.2) is 0 Å². The highest BCUT2D eigenvalue weighted by atomic mass is 19.1. The number of benzene rings is 1. The van der Waals surface area contributed by atoms with Gasteiger partial charge in [0.25, 0.3) is 0 Å². The van der Waals surface area contributed by atoms with Gasteiger partial charge in [0.2, 0.25) is 0 Å². The van der Waals surface area contributed by atoms with Crippen molar-refractivity contribution in [3.8, 4) is 0 Å². The third kappa shape index (κ3) is 1.52. The molecular formula is C13H12FNO2. The summed E-state index contributed by atoms with van der Waals surface area (Å²) in [6.07, 6.45) is 2.08. The number of aromatic nitrogens is 1.